The molecule has 2 rings (SSSR count). The first-order chi connectivity index (χ1) is 9.19. The van der Waals surface area contributed by atoms with Crippen LogP contribution in [-0.4, -0.2) is 32.1 Å². The van der Waals surface area contributed by atoms with Gasteiger partial charge in [0, 0.05) is 12.6 Å². The molecule has 2 N–H and O–H groups in total. The van der Waals surface area contributed by atoms with Crippen LogP contribution < -0.4 is 15.4 Å². The maximum absolute atomic E-state index is 11.5. The van der Waals surface area contributed by atoms with Crippen LogP contribution in [0.3, 0.4) is 0 Å². The van der Waals surface area contributed by atoms with Crippen molar-refractivity contribution in [1.82, 2.24) is 10.6 Å². The van der Waals surface area contributed by atoms with E-state index < -0.39 is 0 Å². The summed E-state index contributed by atoms with van der Waals surface area (Å²) in [6.45, 7) is 3.14. The Morgan fingerprint density at radius 3 is 2.84 bits per heavy atom. The fraction of sp³-hybridized carbons (Fsp3) is 0.533. The van der Waals surface area contributed by atoms with Crippen molar-refractivity contribution in [3.05, 3.63) is 29.3 Å². The van der Waals surface area contributed by atoms with Crippen LogP contribution in [0.5, 0.6) is 5.75 Å². The highest BCUT2D eigenvalue weighted by Crippen LogP contribution is 2.19. The molecule has 0 aromatic heterocycles. The lowest BCUT2D eigenvalue weighted by Crippen LogP contribution is -2.35. The van der Waals surface area contributed by atoms with Gasteiger partial charge >= 0.3 is 0 Å². The Labute approximate surface area is 114 Å². The Morgan fingerprint density at radius 2 is 2.21 bits per heavy atom. The summed E-state index contributed by atoms with van der Waals surface area (Å²) in [6.07, 6.45) is 3.26. The fourth-order valence-corrected chi connectivity index (χ4v) is 2.03. The maximum atomic E-state index is 11.5. The molecule has 1 amide bonds. The summed E-state index contributed by atoms with van der Waals surface area (Å²) in [7, 11) is 1.68. The number of rotatable bonds is 7. The third-order valence-electron chi connectivity index (χ3n) is 3.32. The third kappa shape index (κ3) is 4.56. The van der Waals surface area contributed by atoms with Crippen LogP contribution in [0.15, 0.2) is 18.2 Å². The van der Waals surface area contributed by atoms with Crippen molar-refractivity contribution in [2.75, 3.05) is 20.2 Å². The molecule has 0 saturated heterocycles. The molecule has 1 aromatic carbocycles. The highest BCUT2D eigenvalue weighted by Gasteiger charge is 2.20. The number of benzene rings is 1. The van der Waals surface area contributed by atoms with Crippen LogP contribution in [0.25, 0.3) is 0 Å². The average Bonchev–Trinajstić information content (AvgIpc) is 3.21. The molecule has 0 heterocycles. The van der Waals surface area contributed by atoms with Gasteiger partial charge in [0.1, 0.15) is 5.75 Å². The first-order valence-corrected chi connectivity index (χ1v) is 6.82. The van der Waals surface area contributed by atoms with Gasteiger partial charge < -0.3 is 15.4 Å². The van der Waals surface area contributed by atoms with Crippen LogP contribution in [0, 0.1) is 6.92 Å². The number of nitrogens with one attached hydrogen (secondary N) is 2. The predicted octanol–water partition coefficient (Wildman–Crippen LogP) is 1.41. The van der Waals surface area contributed by atoms with Gasteiger partial charge in [0.2, 0.25) is 5.91 Å². The molecular weight excluding hydrogens is 240 g/mol. The SMILES string of the molecule is COc1ccc(CCNC(=O)CNC2CC2)cc1C. The molecule has 1 aromatic rings. The lowest BCUT2D eigenvalue weighted by Gasteiger charge is -2.08. The van der Waals surface area contributed by atoms with Gasteiger partial charge in [0.15, 0.2) is 0 Å². The molecular formula is C15H22N2O2. The highest BCUT2D eigenvalue weighted by molar-refractivity contribution is 5.78. The molecule has 0 radical (unpaired) electrons. The Balaban J connectivity index is 1.69. The molecule has 0 unspecified atom stereocenters. The number of carbonyl (C=O) groups excluding carboxylic acids is 1. The van der Waals surface area contributed by atoms with Crippen molar-refractivity contribution in [2.45, 2.75) is 32.2 Å². The smallest absolute Gasteiger partial charge is 0.233 e. The largest absolute Gasteiger partial charge is 0.496 e. The van der Waals surface area contributed by atoms with Crippen LogP contribution in [-0.2, 0) is 11.2 Å². The van der Waals surface area contributed by atoms with Crippen molar-refractivity contribution in [3.63, 3.8) is 0 Å². The number of carbonyl (C=O) groups is 1. The quantitative estimate of drug-likeness (QED) is 0.781. The molecule has 0 spiro atoms. The van der Waals surface area contributed by atoms with Crippen molar-refractivity contribution in [1.29, 1.82) is 0 Å². The number of hydrogen-bond acceptors (Lipinski definition) is 3. The van der Waals surface area contributed by atoms with Gasteiger partial charge in [-0.1, -0.05) is 12.1 Å². The highest BCUT2D eigenvalue weighted by atomic mass is 16.5. The zero-order valence-corrected chi connectivity index (χ0v) is 11.7. The van der Waals surface area contributed by atoms with E-state index in [4.69, 9.17) is 4.74 Å². The van der Waals surface area contributed by atoms with E-state index in [9.17, 15) is 4.79 Å². The Kier molecular flexibility index (Phi) is 4.80. The van der Waals surface area contributed by atoms with Crippen molar-refractivity contribution < 1.29 is 9.53 Å². The van der Waals surface area contributed by atoms with Gasteiger partial charge in [-0.25, -0.2) is 0 Å². The zero-order chi connectivity index (χ0) is 13.7. The fourth-order valence-electron chi connectivity index (χ4n) is 2.03. The minimum absolute atomic E-state index is 0.0807. The summed E-state index contributed by atoms with van der Waals surface area (Å²) in [5.74, 6) is 0.985. The van der Waals surface area contributed by atoms with Crippen LogP contribution in [0.1, 0.15) is 24.0 Å². The van der Waals surface area contributed by atoms with Crippen molar-refractivity contribution in [3.8, 4) is 5.75 Å². The van der Waals surface area contributed by atoms with E-state index in [-0.39, 0.29) is 5.91 Å². The molecule has 4 nitrogen and oxygen atoms in total. The van der Waals surface area contributed by atoms with Gasteiger partial charge in [0.25, 0.3) is 0 Å². The topological polar surface area (TPSA) is 50.4 Å². The van der Waals surface area contributed by atoms with Gasteiger partial charge in [-0.05, 0) is 43.4 Å². The first-order valence-electron chi connectivity index (χ1n) is 6.82. The summed E-state index contributed by atoms with van der Waals surface area (Å²) in [5.41, 5.74) is 2.34. The summed E-state index contributed by atoms with van der Waals surface area (Å²) in [5, 5.41) is 6.13. The molecule has 1 aliphatic carbocycles. The lowest BCUT2D eigenvalue weighted by atomic mass is 10.1. The first kappa shape index (κ1) is 13.9. The third-order valence-corrected chi connectivity index (χ3v) is 3.32. The van der Waals surface area contributed by atoms with Crippen LogP contribution in [0.4, 0.5) is 0 Å². The van der Waals surface area contributed by atoms with Gasteiger partial charge in [0.05, 0.1) is 13.7 Å². The zero-order valence-electron chi connectivity index (χ0n) is 11.7. The molecule has 19 heavy (non-hydrogen) atoms. The second kappa shape index (κ2) is 6.57. The van der Waals surface area contributed by atoms with E-state index in [2.05, 4.69) is 16.7 Å². The normalized spacial score (nSPS) is 14.2. The molecule has 104 valence electrons. The molecule has 4 heteroatoms. The number of ether oxygens (including phenoxy) is 1. The molecule has 0 bridgehead atoms. The van der Waals surface area contributed by atoms with E-state index in [0.717, 1.165) is 17.7 Å². The minimum atomic E-state index is 0.0807. The molecule has 0 aliphatic heterocycles. The second-order valence-corrected chi connectivity index (χ2v) is 5.06. The Bertz CT molecular complexity index is 442. The van der Waals surface area contributed by atoms with Gasteiger partial charge in [-0.15, -0.1) is 0 Å². The molecule has 1 fully saturated rings. The van der Waals surface area contributed by atoms with Crippen molar-refractivity contribution >= 4 is 5.91 Å². The Morgan fingerprint density at radius 1 is 1.42 bits per heavy atom. The maximum Gasteiger partial charge on any atom is 0.233 e. The van der Waals surface area contributed by atoms with E-state index in [1.807, 2.05) is 19.1 Å². The second-order valence-electron chi connectivity index (χ2n) is 5.06. The van der Waals surface area contributed by atoms with Crippen LogP contribution in [0.2, 0.25) is 0 Å². The molecule has 1 saturated carbocycles. The van der Waals surface area contributed by atoms with Gasteiger partial charge in [-0.2, -0.15) is 0 Å². The number of amides is 1. The van der Waals surface area contributed by atoms with E-state index in [0.29, 0.717) is 19.1 Å². The number of aryl methyl sites for hydroxylation is 1. The average molecular weight is 262 g/mol. The standard InChI is InChI=1S/C15H22N2O2/c1-11-9-12(3-6-14(11)19-2)7-8-16-15(18)10-17-13-4-5-13/h3,6,9,13,17H,4-5,7-8,10H2,1-2H3,(H,16,18). The van der Waals surface area contributed by atoms with Gasteiger partial charge in [-0.3, -0.25) is 4.79 Å². The summed E-state index contributed by atoms with van der Waals surface area (Å²) < 4.78 is 5.22. The van der Waals surface area contributed by atoms with E-state index >= 15 is 0 Å². The lowest BCUT2D eigenvalue weighted by molar-refractivity contribution is -0.120. The summed E-state index contributed by atoms with van der Waals surface area (Å²) >= 11 is 0. The number of methoxy groups -OCH3 is 1. The summed E-state index contributed by atoms with van der Waals surface area (Å²) in [4.78, 5) is 11.5. The van der Waals surface area contributed by atoms with E-state index in [1.54, 1.807) is 7.11 Å². The Hall–Kier alpha value is -1.55. The summed E-state index contributed by atoms with van der Waals surface area (Å²) in [6, 6.07) is 6.70. The van der Waals surface area contributed by atoms with E-state index in [1.165, 1.54) is 18.4 Å². The minimum Gasteiger partial charge on any atom is -0.496 e. The molecule has 1 aliphatic rings. The predicted molar refractivity (Wildman–Crippen MR) is 75.5 cm³/mol. The van der Waals surface area contributed by atoms with Crippen LogP contribution >= 0.6 is 0 Å². The molecule has 0 atom stereocenters. The van der Waals surface area contributed by atoms with Crippen molar-refractivity contribution in [2.24, 2.45) is 0 Å². The number of hydrogen-bond donors (Lipinski definition) is 2. The monoisotopic (exact) mass is 262 g/mol.